The van der Waals surface area contributed by atoms with Gasteiger partial charge in [0.2, 0.25) is 5.89 Å². The average Bonchev–Trinajstić information content (AvgIpc) is 3.15. The Morgan fingerprint density at radius 2 is 1.95 bits per heavy atom. The van der Waals surface area contributed by atoms with E-state index in [0.717, 1.165) is 16.3 Å². The molecular weight excluding hydrogens is 286 g/mol. The summed E-state index contributed by atoms with van der Waals surface area (Å²) in [5.41, 5.74) is 0.796. The lowest BCUT2D eigenvalue weighted by atomic mass is 10.3. The molecule has 2 aromatic heterocycles. The summed E-state index contributed by atoms with van der Waals surface area (Å²) >= 11 is 1.60. The number of oxazole rings is 1. The van der Waals surface area contributed by atoms with Crippen LogP contribution in [0.1, 0.15) is 11.5 Å². The molecule has 0 atom stereocenters. The molecule has 0 amide bonds. The van der Waals surface area contributed by atoms with Gasteiger partial charge in [0.15, 0.2) is 11.5 Å². The van der Waals surface area contributed by atoms with E-state index in [2.05, 4.69) is 4.98 Å². The van der Waals surface area contributed by atoms with E-state index < -0.39 is 0 Å². The van der Waals surface area contributed by atoms with Gasteiger partial charge in [-0.25, -0.2) is 4.98 Å². The molecule has 108 valence electrons. The van der Waals surface area contributed by atoms with Crippen molar-refractivity contribution in [2.45, 2.75) is 13.5 Å². The third-order valence-electron chi connectivity index (χ3n) is 3.06. The lowest BCUT2D eigenvalue weighted by Crippen LogP contribution is -1.99. The van der Waals surface area contributed by atoms with Crippen LogP contribution in [0.25, 0.3) is 10.8 Å². The second-order valence-corrected chi connectivity index (χ2v) is 5.39. The van der Waals surface area contributed by atoms with Gasteiger partial charge in [0.05, 0.1) is 12.0 Å². The quantitative estimate of drug-likeness (QED) is 0.705. The van der Waals surface area contributed by atoms with Gasteiger partial charge in [-0.1, -0.05) is 18.2 Å². The lowest BCUT2D eigenvalue weighted by Gasteiger charge is -2.08. The SMILES string of the molecule is COc1ccccc1OCc1nc(-c2cccs2)oc1C. The van der Waals surface area contributed by atoms with Gasteiger partial charge in [-0.3, -0.25) is 0 Å². The minimum Gasteiger partial charge on any atom is -0.493 e. The van der Waals surface area contributed by atoms with Crippen molar-refractivity contribution in [3.8, 4) is 22.3 Å². The van der Waals surface area contributed by atoms with Gasteiger partial charge >= 0.3 is 0 Å². The van der Waals surface area contributed by atoms with E-state index >= 15 is 0 Å². The van der Waals surface area contributed by atoms with Gasteiger partial charge in [-0.15, -0.1) is 11.3 Å². The van der Waals surface area contributed by atoms with Gasteiger partial charge in [0.25, 0.3) is 0 Å². The van der Waals surface area contributed by atoms with E-state index in [1.807, 2.05) is 48.7 Å². The molecular formula is C16H15NO3S. The molecule has 0 fully saturated rings. The molecule has 0 radical (unpaired) electrons. The number of aromatic nitrogens is 1. The molecule has 4 nitrogen and oxygen atoms in total. The number of rotatable bonds is 5. The number of ether oxygens (including phenoxy) is 2. The monoisotopic (exact) mass is 301 g/mol. The Morgan fingerprint density at radius 3 is 2.67 bits per heavy atom. The molecule has 5 heteroatoms. The Kier molecular flexibility index (Phi) is 3.92. The molecule has 0 bridgehead atoms. The third-order valence-corrected chi connectivity index (χ3v) is 3.92. The third kappa shape index (κ3) is 2.92. The predicted molar refractivity (Wildman–Crippen MR) is 81.9 cm³/mol. The van der Waals surface area contributed by atoms with Crippen molar-refractivity contribution in [2.24, 2.45) is 0 Å². The van der Waals surface area contributed by atoms with Gasteiger partial charge < -0.3 is 13.9 Å². The molecule has 0 spiro atoms. The Bertz CT molecular complexity index is 719. The summed E-state index contributed by atoms with van der Waals surface area (Å²) in [6.45, 7) is 2.24. The minimum atomic E-state index is 0.348. The van der Waals surface area contributed by atoms with Crippen LogP contribution in [0.4, 0.5) is 0 Å². The van der Waals surface area contributed by atoms with E-state index in [1.165, 1.54) is 0 Å². The van der Waals surface area contributed by atoms with Crippen LogP contribution in [0.2, 0.25) is 0 Å². The van der Waals surface area contributed by atoms with Crippen molar-refractivity contribution in [1.29, 1.82) is 0 Å². The van der Waals surface area contributed by atoms with Crippen LogP contribution in [0.3, 0.4) is 0 Å². The molecule has 0 saturated carbocycles. The summed E-state index contributed by atoms with van der Waals surface area (Å²) in [6.07, 6.45) is 0. The molecule has 3 rings (SSSR count). The van der Waals surface area contributed by atoms with Crippen molar-refractivity contribution < 1.29 is 13.9 Å². The number of thiophene rings is 1. The van der Waals surface area contributed by atoms with Gasteiger partial charge in [-0.2, -0.15) is 0 Å². The zero-order valence-electron chi connectivity index (χ0n) is 11.8. The number of nitrogens with zero attached hydrogens (tertiary/aromatic N) is 1. The van der Waals surface area contributed by atoms with Crippen LogP contribution in [0, 0.1) is 6.92 Å². The van der Waals surface area contributed by atoms with Crippen molar-refractivity contribution in [3.05, 3.63) is 53.2 Å². The van der Waals surface area contributed by atoms with Gasteiger partial charge in [0, 0.05) is 0 Å². The van der Waals surface area contributed by atoms with Crippen LogP contribution in [0.5, 0.6) is 11.5 Å². The number of benzene rings is 1. The molecule has 2 heterocycles. The van der Waals surface area contributed by atoms with Crippen LogP contribution in [-0.2, 0) is 6.61 Å². The predicted octanol–water partition coefficient (Wildman–Crippen LogP) is 4.30. The number of methoxy groups -OCH3 is 1. The molecule has 3 aromatic rings. The number of aryl methyl sites for hydroxylation is 1. The van der Waals surface area contributed by atoms with Crippen molar-refractivity contribution in [1.82, 2.24) is 4.98 Å². The van der Waals surface area contributed by atoms with Crippen molar-refractivity contribution in [2.75, 3.05) is 7.11 Å². The molecule has 21 heavy (non-hydrogen) atoms. The maximum absolute atomic E-state index is 5.78. The molecule has 0 aliphatic heterocycles. The summed E-state index contributed by atoms with van der Waals surface area (Å²) in [5.74, 6) is 2.81. The highest BCUT2D eigenvalue weighted by molar-refractivity contribution is 7.13. The Labute approximate surface area is 127 Å². The second kappa shape index (κ2) is 6.01. The first-order valence-electron chi connectivity index (χ1n) is 6.54. The van der Waals surface area contributed by atoms with E-state index in [4.69, 9.17) is 13.9 Å². The highest BCUT2D eigenvalue weighted by Crippen LogP contribution is 2.29. The first kappa shape index (κ1) is 13.7. The molecule has 0 saturated heterocycles. The molecule has 0 aliphatic carbocycles. The highest BCUT2D eigenvalue weighted by atomic mass is 32.1. The van der Waals surface area contributed by atoms with Crippen molar-refractivity contribution in [3.63, 3.8) is 0 Å². The topological polar surface area (TPSA) is 44.5 Å². The molecule has 0 aliphatic rings. The Hall–Kier alpha value is -2.27. The summed E-state index contributed by atoms with van der Waals surface area (Å²) in [4.78, 5) is 5.52. The maximum Gasteiger partial charge on any atom is 0.236 e. The zero-order valence-corrected chi connectivity index (χ0v) is 12.6. The fourth-order valence-electron chi connectivity index (χ4n) is 1.95. The molecule has 0 unspecified atom stereocenters. The minimum absolute atomic E-state index is 0.348. The average molecular weight is 301 g/mol. The maximum atomic E-state index is 5.78. The standard InChI is InChI=1S/C16H15NO3S/c1-11-12(17-16(20-11)15-8-5-9-21-15)10-19-14-7-4-3-6-13(14)18-2/h3-9H,10H2,1-2H3. The summed E-state index contributed by atoms with van der Waals surface area (Å²) in [6, 6.07) is 11.5. The first-order valence-corrected chi connectivity index (χ1v) is 7.42. The van der Waals surface area contributed by atoms with Gasteiger partial charge in [0.1, 0.15) is 18.1 Å². The van der Waals surface area contributed by atoms with Gasteiger partial charge in [-0.05, 0) is 30.5 Å². The van der Waals surface area contributed by atoms with Crippen LogP contribution >= 0.6 is 11.3 Å². The van der Waals surface area contributed by atoms with Crippen LogP contribution in [0.15, 0.2) is 46.2 Å². The molecule has 0 N–H and O–H groups in total. The highest BCUT2D eigenvalue weighted by Gasteiger charge is 2.13. The summed E-state index contributed by atoms with van der Waals surface area (Å²) < 4.78 is 16.7. The fraction of sp³-hybridized carbons (Fsp3) is 0.188. The second-order valence-electron chi connectivity index (χ2n) is 4.44. The van der Waals surface area contributed by atoms with Crippen molar-refractivity contribution >= 4 is 11.3 Å². The van der Waals surface area contributed by atoms with E-state index in [0.29, 0.717) is 24.0 Å². The number of hydrogen-bond donors (Lipinski definition) is 0. The van der Waals surface area contributed by atoms with Crippen LogP contribution in [-0.4, -0.2) is 12.1 Å². The first-order chi connectivity index (χ1) is 10.3. The fourth-order valence-corrected chi connectivity index (χ4v) is 2.60. The van der Waals surface area contributed by atoms with E-state index in [9.17, 15) is 0 Å². The van der Waals surface area contributed by atoms with E-state index in [-0.39, 0.29) is 0 Å². The Morgan fingerprint density at radius 1 is 1.14 bits per heavy atom. The molecule has 1 aromatic carbocycles. The largest absolute Gasteiger partial charge is 0.493 e. The number of hydrogen-bond acceptors (Lipinski definition) is 5. The Balaban J connectivity index is 1.76. The smallest absolute Gasteiger partial charge is 0.236 e. The lowest BCUT2D eigenvalue weighted by molar-refractivity contribution is 0.279. The number of para-hydroxylation sites is 2. The summed E-state index contributed by atoms with van der Waals surface area (Å²) in [7, 11) is 1.62. The summed E-state index contributed by atoms with van der Waals surface area (Å²) in [5, 5.41) is 2.00. The van der Waals surface area contributed by atoms with E-state index in [1.54, 1.807) is 18.4 Å². The van der Waals surface area contributed by atoms with Crippen LogP contribution < -0.4 is 9.47 Å². The zero-order chi connectivity index (χ0) is 14.7. The normalized spacial score (nSPS) is 10.6.